The number of carbonyl (C=O) groups is 1. The summed E-state index contributed by atoms with van der Waals surface area (Å²) in [5, 5.41) is 1.93. The summed E-state index contributed by atoms with van der Waals surface area (Å²) in [7, 11) is -1.67. The fourth-order valence-corrected chi connectivity index (χ4v) is 8.35. The van der Waals surface area contributed by atoms with Crippen LogP contribution in [0.3, 0.4) is 0 Å². The highest BCUT2D eigenvalue weighted by Crippen LogP contribution is 2.40. The van der Waals surface area contributed by atoms with E-state index in [0.29, 0.717) is 26.3 Å². The van der Waals surface area contributed by atoms with Crippen LogP contribution in [0, 0.1) is 0 Å². The summed E-state index contributed by atoms with van der Waals surface area (Å²) in [5.41, 5.74) is -1.05. The van der Waals surface area contributed by atoms with Gasteiger partial charge in [0, 0.05) is 53.5 Å². The predicted octanol–water partition coefficient (Wildman–Crippen LogP) is 8.17. The number of nitrogens with zero attached hydrogens (tertiary/aromatic N) is 3. The molecule has 2 fully saturated rings. The van der Waals surface area contributed by atoms with Crippen molar-refractivity contribution in [1.29, 1.82) is 0 Å². The summed E-state index contributed by atoms with van der Waals surface area (Å²) < 4.78 is 112. The molecule has 0 spiro atoms. The summed E-state index contributed by atoms with van der Waals surface area (Å²) in [6.45, 7) is 9.36. The van der Waals surface area contributed by atoms with E-state index >= 15 is 0 Å². The minimum atomic E-state index is -4.91. The van der Waals surface area contributed by atoms with Crippen LogP contribution in [0.2, 0.25) is 0 Å². The lowest BCUT2D eigenvalue weighted by Gasteiger charge is -2.40. The third-order valence-corrected chi connectivity index (χ3v) is 11.6. The first-order valence-corrected chi connectivity index (χ1v) is 19.5. The van der Waals surface area contributed by atoms with Crippen LogP contribution in [0.15, 0.2) is 71.6 Å². The number of fused-ring (bicyclic) bond motifs is 1. The first kappa shape index (κ1) is 40.6. The number of hydrogen-bond donors (Lipinski definition) is 1. The zero-order chi connectivity index (χ0) is 39.5. The molecule has 0 radical (unpaired) electrons. The van der Waals surface area contributed by atoms with E-state index in [1.54, 1.807) is 26.8 Å². The Labute approximate surface area is 318 Å². The molecule has 55 heavy (non-hydrogen) atoms. The van der Waals surface area contributed by atoms with Crippen LogP contribution in [0.25, 0.3) is 22.2 Å². The van der Waals surface area contributed by atoms with Gasteiger partial charge in [-0.3, -0.25) is 18.8 Å². The van der Waals surface area contributed by atoms with E-state index in [0.717, 1.165) is 38.1 Å². The number of rotatable bonds is 11. The number of carbonyl (C=O) groups excluding carboxylic acids is 1. The molecule has 3 aromatic carbocycles. The average Bonchev–Trinajstić information content (AvgIpc) is 3.16. The molecule has 0 aliphatic carbocycles. The molecule has 0 saturated carbocycles. The van der Waals surface area contributed by atoms with Crippen molar-refractivity contribution in [2.75, 3.05) is 46.0 Å². The van der Waals surface area contributed by atoms with Crippen molar-refractivity contribution in [2.45, 2.75) is 74.7 Å². The van der Waals surface area contributed by atoms with Crippen LogP contribution in [0.1, 0.15) is 66.7 Å². The lowest BCUT2D eigenvalue weighted by molar-refractivity contribution is -0.155. The quantitative estimate of drug-likeness (QED) is 0.154. The van der Waals surface area contributed by atoms with E-state index in [2.05, 4.69) is 10.2 Å². The molecule has 1 aromatic heterocycles. The Kier molecular flexibility index (Phi) is 12.5. The maximum atomic E-state index is 14.7. The van der Waals surface area contributed by atoms with Crippen LogP contribution >= 0.6 is 0 Å². The molecule has 2 atom stereocenters. The Balaban J connectivity index is 1.57. The van der Waals surface area contributed by atoms with Crippen LogP contribution in [-0.2, 0) is 28.3 Å². The average molecular weight is 791 g/mol. The Morgan fingerprint density at radius 2 is 1.65 bits per heavy atom. The van der Waals surface area contributed by atoms with Gasteiger partial charge in [0.05, 0.1) is 57.9 Å². The molecule has 3 heterocycles. The molecule has 0 bridgehead atoms. The summed E-state index contributed by atoms with van der Waals surface area (Å²) >= 11 is 0. The molecule has 1 unspecified atom stereocenters. The Bertz CT molecular complexity index is 2000. The highest BCUT2D eigenvalue weighted by Gasteiger charge is 2.43. The largest absolute Gasteiger partial charge is 0.493 e. The van der Waals surface area contributed by atoms with Crippen molar-refractivity contribution in [3.8, 4) is 17.0 Å². The molecule has 296 valence electrons. The van der Waals surface area contributed by atoms with Gasteiger partial charge in [-0.25, -0.2) is 4.98 Å². The molecule has 8 nitrogen and oxygen atoms in total. The van der Waals surface area contributed by atoms with Gasteiger partial charge in [0.1, 0.15) is 5.75 Å². The lowest BCUT2D eigenvalue weighted by atomic mass is 9.93. The number of benzene rings is 3. The number of hydrogen-bond acceptors (Lipinski definition) is 7. The molecular weight excluding hydrogens is 747 g/mol. The molecule has 15 heteroatoms. The van der Waals surface area contributed by atoms with Crippen molar-refractivity contribution in [2.24, 2.45) is 0 Å². The molecule has 1 N–H and O–H groups in total. The molecular formula is C40H44F6N4O4S. The summed E-state index contributed by atoms with van der Waals surface area (Å²) in [5.74, 6) is -0.915. The van der Waals surface area contributed by atoms with E-state index in [1.807, 2.05) is 4.90 Å². The fraction of sp³-hybridized carbons (Fsp3) is 0.450. The second-order valence-corrected chi connectivity index (χ2v) is 16.0. The number of halogens is 6. The highest BCUT2D eigenvalue weighted by atomic mass is 32.2. The van der Waals surface area contributed by atoms with Crippen molar-refractivity contribution in [1.82, 2.24) is 20.1 Å². The maximum Gasteiger partial charge on any atom is 0.416 e. The maximum absolute atomic E-state index is 14.7. The van der Waals surface area contributed by atoms with Crippen LogP contribution in [0.5, 0.6) is 5.75 Å². The fourth-order valence-electron chi connectivity index (χ4n) is 7.30. The summed E-state index contributed by atoms with van der Waals surface area (Å²) in [4.78, 5) is 24.2. The second kappa shape index (κ2) is 17.0. The normalized spacial score (nSPS) is 17.7. The molecule has 6 rings (SSSR count). The number of amides is 1. The Hall–Kier alpha value is -4.05. The summed E-state index contributed by atoms with van der Waals surface area (Å²) in [6.07, 6.45) is -8.08. The minimum Gasteiger partial charge on any atom is -0.493 e. The third-order valence-electron chi connectivity index (χ3n) is 10.0. The van der Waals surface area contributed by atoms with Gasteiger partial charge in [0.15, 0.2) is 6.04 Å². The van der Waals surface area contributed by atoms with Gasteiger partial charge in [-0.15, -0.1) is 0 Å². The standard InChI is InChI=1S/C40H44F6N4O4S/c1-4-54-33-23-32-30(22-34(33)55(52)25(2)3)35(38(51)48-37(40(44,45)46)26-9-6-5-7-10-26)31(36(47-32)27-11-8-12-28(21-27)39(41,42)43)24-49-15-13-29(14-16-49)50-17-19-53-20-18-50/h5-12,21-23,25,29,37H,4,13-20,24H2,1-3H3,(H,48,51)/t37-,55?/m1/s1. The molecule has 2 saturated heterocycles. The Morgan fingerprint density at radius 3 is 2.27 bits per heavy atom. The first-order valence-electron chi connectivity index (χ1n) is 18.3. The molecule has 4 aromatic rings. The van der Waals surface area contributed by atoms with E-state index in [4.69, 9.17) is 14.5 Å². The topological polar surface area (TPSA) is 84.0 Å². The number of pyridine rings is 1. The number of alkyl halides is 6. The van der Waals surface area contributed by atoms with Crippen molar-refractivity contribution >= 4 is 27.6 Å². The van der Waals surface area contributed by atoms with Gasteiger partial charge >= 0.3 is 12.4 Å². The predicted molar refractivity (Wildman–Crippen MR) is 198 cm³/mol. The smallest absolute Gasteiger partial charge is 0.416 e. The minimum absolute atomic E-state index is 0.00490. The van der Waals surface area contributed by atoms with E-state index in [-0.39, 0.29) is 68.7 Å². The number of aromatic nitrogens is 1. The van der Waals surface area contributed by atoms with Gasteiger partial charge in [0.2, 0.25) is 0 Å². The Morgan fingerprint density at radius 1 is 0.964 bits per heavy atom. The molecule has 2 aliphatic rings. The van der Waals surface area contributed by atoms with Gasteiger partial charge in [-0.1, -0.05) is 56.3 Å². The zero-order valence-electron chi connectivity index (χ0n) is 30.8. The van der Waals surface area contributed by atoms with Crippen LogP contribution in [0.4, 0.5) is 26.3 Å². The zero-order valence-corrected chi connectivity index (χ0v) is 31.6. The van der Waals surface area contributed by atoms with Crippen LogP contribution in [-0.4, -0.2) is 88.4 Å². The first-order chi connectivity index (χ1) is 26.2. The number of morpholine rings is 1. The number of ether oxygens (including phenoxy) is 2. The van der Waals surface area contributed by atoms with Crippen molar-refractivity contribution in [3.63, 3.8) is 0 Å². The lowest BCUT2D eigenvalue weighted by Crippen LogP contribution is -2.48. The van der Waals surface area contributed by atoms with E-state index < -0.39 is 45.9 Å². The molecule has 2 aliphatic heterocycles. The SMILES string of the molecule is CCOc1cc2nc(-c3cccc(C(F)(F)F)c3)c(CN3CCC(N4CCOCC4)CC3)c(C(=O)N[C@H](c3ccccc3)C(F)(F)F)c2cc1S(=O)C(C)C. The van der Waals surface area contributed by atoms with E-state index in [9.17, 15) is 35.3 Å². The van der Waals surface area contributed by atoms with Gasteiger partial charge in [-0.2, -0.15) is 26.3 Å². The van der Waals surface area contributed by atoms with Gasteiger partial charge in [-0.05, 0) is 56.6 Å². The van der Waals surface area contributed by atoms with Crippen molar-refractivity contribution < 1.29 is 44.8 Å². The van der Waals surface area contributed by atoms with Gasteiger partial charge in [0.25, 0.3) is 5.91 Å². The van der Waals surface area contributed by atoms with Gasteiger partial charge < -0.3 is 14.8 Å². The van der Waals surface area contributed by atoms with Crippen LogP contribution < -0.4 is 10.1 Å². The molecule has 1 amide bonds. The number of piperidine rings is 1. The highest BCUT2D eigenvalue weighted by molar-refractivity contribution is 7.85. The van der Waals surface area contributed by atoms with Crippen molar-refractivity contribution in [3.05, 3.63) is 89.0 Å². The number of likely N-dealkylation sites (tertiary alicyclic amines) is 1. The third kappa shape index (κ3) is 9.33. The van der Waals surface area contributed by atoms with E-state index in [1.165, 1.54) is 48.5 Å². The monoisotopic (exact) mass is 790 g/mol. The summed E-state index contributed by atoms with van der Waals surface area (Å²) in [6, 6.07) is 12.3. The second-order valence-electron chi connectivity index (χ2n) is 14.0. The number of nitrogens with one attached hydrogen (secondary N) is 1.